The highest BCUT2D eigenvalue weighted by atomic mass is 35.5. The molecule has 0 spiro atoms. The van der Waals surface area contributed by atoms with E-state index in [1.807, 2.05) is 72.9 Å². The fraction of sp³-hybridized carbons (Fsp3) is 0.185. The summed E-state index contributed by atoms with van der Waals surface area (Å²) in [4.78, 5) is 6.85. The van der Waals surface area contributed by atoms with Crippen molar-refractivity contribution in [1.82, 2.24) is 14.9 Å². The molecule has 0 unspecified atom stereocenters. The van der Waals surface area contributed by atoms with Crippen LogP contribution in [0.2, 0.25) is 5.02 Å². The smallest absolute Gasteiger partial charge is 0.174 e. The van der Waals surface area contributed by atoms with Gasteiger partial charge in [0, 0.05) is 34.0 Å². The highest BCUT2D eigenvalue weighted by Crippen LogP contribution is 2.44. The Bertz CT molecular complexity index is 1320. The van der Waals surface area contributed by atoms with Crippen molar-refractivity contribution in [3.63, 3.8) is 0 Å². The summed E-state index contributed by atoms with van der Waals surface area (Å²) in [6, 6.07) is 24.0. The fourth-order valence-electron chi connectivity index (χ4n) is 4.77. The quantitative estimate of drug-likeness (QED) is 0.332. The first-order chi connectivity index (χ1) is 16.5. The Kier molecular flexibility index (Phi) is 6.02. The molecule has 2 aromatic heterocycles. The topological polar surface area (TPSA) is 42.3 Å². The number of thiocarbonyl (C=S) groups is 1. The zero-order chi connectivity index (χ0) is 23.8. The number of anilines is 1. The van der Waals surface area contributed by atoms with Gasteiger partial charge in [-0.15, -0.1) is 0 Å². The Morgan fingerprint density at radius 2 is 1.68 bits per heavy atom. The first-order valence-corrected chi connectivity index (χ1v) is 11.9. The molecule has 1 fully saturated rings. The van der Waals surface area contributed by atoms with Crippen LogP contribution in [0.3, 0.4) is 0 Å². The molecule has 0 aliphatic carbocycles. The number of hydrogen-bond acceptors (Lipinski definition) is 3. The van der Waals surface area contributed by atoms with E-state index in [1.54, 1.807) is 7.11 Å². The molecule has 0 amide bonds. The van der Waals surface area contributed by atoms with E-state index in [0.29, 0.717) is 5.11 Å². The maximum Gasteiger partial charge on any atom is 0.174 e. The van der Waals surface area contributed by atoms with Gasteiger partial charge in [-0.1, -0.05) is 17.7 Å². The Morgan fingerprint density at radius 1 is 0.971 bits per heavy atom. The summed E-state index contributed by atoms with van der Waals surface area (Å²) in [5, 5.41) is 4.92. The number of rotatable bonds is 5. The van der Waals surface area contributed by atoms with Gasteiger partial charge >= 0.3 is 0 Å². The predicted octanol–water partition coefficient (Wildman–Crippen LogP) is 6.33. The van der Waals surface area contributed by atoms with Gasteiger partial charge < -0.3 is 19.5 Å². The zero-order valence-electron chi connectivity index (χ0n) is 19.2. The normalized spacial score (nSPS) is 17.6. The number of benzene rings is 2. The monoisotopic (exact) mass is 488 g/mol. The van der Waals surface area contributed by atoms with Crippen LogP contribution < -0.4 is 15.0 Å². The number of methoxy groups -OCH3 is 1. The SMILES string of the molecule is COc1ccc(N2C(=S)N[C@H](c3ccccn3)[C@H]2c2cc(C)n(-c3ccc(Cl)cc3)c2C)cc1. The Morgan fingerprint density at radius 3 is 2.32 bits per heavy atom. The van der Waals surface area contributed by atoms with Crippen LogP contribution >= 0.6 is 23.8 Å². The van der Waals surface area contributed by atoms with Gasteiger partial charge in [-0.3, -0.25) is 4.98 Å². The molecule has 34 heavy (non-hydrogen) atoms. The average molecular weight is 489 g/mol. The third kappa shape index (κ3) is 3.93. The summed E-state index contributed by atoms with van der Waals surface area (Å²) >= 11 is 12.0. The molecule has 2 atom stereocenters. The van der Waals surface area contributed by atoms with Crippen molar-refractivity contribution in [2.75, 3.05) is 12.0 Å². The van der Waals surface area contributed by atoms with E-state index in [9.17, 15) is 0 Å². The number of hydrogen-bond donors (Lipinski definition) is 1. The van der Waals surface area contributed by atoms with Crippen LogP contribution in [0.5, 0.6) is 5.75 Å². The lowest BCUT2D eigenvalue weighted by Gasteiger charge is -2.28. The molecule has 1 aliphatic heterocycles. The lowest BCUT2D eigenvalue weighted by molar-refractivity contribution is 0.415. The van der Waals surface area contributed by atoms with Crippen LogP contribution in [0.1, 0.15) is 34.7 Å². The van der Waals surface area contributed by atoms with Gasteiger partial charge in [0.15, 0.2) is 5.11 Å². The molecule has 0 radical (unpaired) electrons. The third-order valence-electron chi connectivity index (χ3n) is 6.32. The molecule has 7 heteroatoms. The summed E-state index contributed by atoms with van der Waals surface area (Å²) in [5.74, 6) is 0.806. The molecule has 172 valence electrons. The number of aryl methyl sites for hydroxylation is 1. The van der Waals surface area contributed by atoms with Crippen LogP contribution in [-0.4, -0.2) is 21.8 Å². The molecule has 1 N–H and O–H groups in total. The molecule has 2 aromatic carbocycles. The van der Waals surface area contributed by atoms with Crippen LogP contribution in [0, 0.1) is 13.8 Å². The van der Waals surface area contributed by atoms with Gasteiger partial charge in [0.05, 0.1) is 24.9 Å². The van der Waals surface area contributed by atoms with Crippen molar-refractivity contribution in [3.05, 3.63) is 107 Å². The number of ether oxygens (including phenoxy) is 1. The molecular weight excluding hydrogens is 464 g/mol. The molecule has 5 rings (SSSR count). The van der Waals surface area contributed by atoms with Crippen molar-refractivity contribution in [2.24, 2.45) is 0 Å². The summed E-state index contributed by atoms with van der Waals surface area (Å²) in [6.45, 7) is 4.28. The van der Waals surface area contributed by atoms with Crippen LogP contribution in [0.15, 0.2) is 79.0 Å². The maximum atomic E-state index is 6.14. The number of halogens is 1. The number of nitrogens with one attached hydrogen (secondary N) is 1. The zero-order valence-corrected chi connectivity index (χ0v) is 20.8. The molecule has 3 heterocycles. The van der Waals surface area contributed by atoms with Crippen LogP contribution in [0.25, 0.3) is 5.69 Å². The largest absolute Gasteiger partial charge is 0.497 e. The molecule has 4 aromatic rings. The summed E-state index contributed by atoms with van der Waals surface area (Å²) < 4.78 is 7.63. The van der Waals surface area contributed by atoms with Gasteiger partial charge in [-0.05, 0) is 98.4 Å². The number of aromatic nitrogens is 2. The third-order valence-corrected chi connectivity index (χ3v) is 6.89. The summed E-state index contributed by atoms with van der Waals surface area (Å²) in [5.41, 5.74) is 6.49. The molecular formula is C27H25ClN4OS. The summed E-state index contributed by atoms with van der Waals surface area (Å²) in [6.07, 6.45) is 1.82. The fourth-order valence-corrected chi connectivity index (χ4v) is 5.24. The molecule has 0 bridgehead atoms. The molecule has 0 saturated carbocycles. The van der Waals surface area contributed by atoms with Crippen LogP contribution in [0.4, 0.5) is 5.69 Å². The second-order valence-electron chi connectivity index (χ2n) is 8.33. The Labute approximate surface area is 210 Å². The van der Waals surface area contributed by atoms with Gasteiger partial charge in [0.2, 0.25) is 0 Å². The Hall–Kier alpha value is -3.35. The van der Waals surface area contributed by atoms with Crippen molar-refractivity contribution in [3.8, 4) is 11.4 Å². The van der Waals surface area contributed by atoms with Crippen molar-refractivity contribution in [1.29, 1.82) is 0 Å². The maximum absolute atomic E-state index is 6.14. The minimum absolute atomic E-state index is 0.0805. The molecule has 1 saturated heterocycles. The first-order valence-electron chi connectivity index (χ1n) is 11.1. The van der Waals surface area contributed by atoms with Gasteiger partial charge in [-0.25, -0.2) is 0 Å². The highest BCUT2D eigenvalue weighted by Gasteiger charge is 2.42. The van der Waals surface area contributed by atoms with E-state index in [4.69, 9.17) is 28.6 Å². The van der Waals surface area contributed by atoms with E-state index in [2.05, 4.69) is 39.7 Å². The van der Waals surface area contributed by atoms with E-state index >= 15 is 0 Å². The first kappa shape index (κ1) is 22.4. The molecule has 5 nitrogen and oxygen atoms in total. The van der Waals surface area contributed by atoms with E-state index in [1.165, 1.54) is 5.56 Å². The van der Waals surface area contributed by atoms with E-state index < -0.39 is 0 Å². The van der Waals surface area contributed by atoms with Crippen molar-refractivity contribution < 1.29 is 4.74 Å². The minimum Gasteiger partial charge on any atom is -0.497 e. The predicted molar refractivity (Wildman–Crippen MR) is 141 cm³/mol. The highest BCUT2D eigenvalue weighted by molar-refractivity contribution is 7.80. The van der Waals surface area contributed by atoms with Crippen LogP contribution in [-0.2, 0) is 0 Å². The second kappa shape index (κ2) is 9.12. The van der Waals surface area contributed by atoms with Gasteiger partial charge in [0.25, 0.3) is 0 Å². The van der Waals surface area contributed by atoms with Crippen molar-refractivity contribution >= 4 is 34.6 Å². The van der Waals surface area contributed by atoms with Gasteiger partial charge in [-0.2, -0.15) is 0 Å². The van der Waals surface area contributed by atoms with E-state index in [-0.39, 0.29) is 12.1 Å². The average Bonchev–Trinajstić information content (AvgIpc) is 3.35. The minimum atomic E-state index is -0.102. The number of nitrogens with zero attached hydrogens (tertiary/aromatic N) is 3. The molecule has 1 aliphatic rings. The van der Waals surface area contributed by atoms with Crippen molar-refractivity contribution in [2.45, 2.75) is 25.9 Å². The van der Waals surface area contributed by atoms with Gasteiger partial charge in [0.1, 0.15) is 5.75 Å². The second-order valence-corrected chi connectivity index (χ2v) is 9.16. The standard InChI is InChI=1S/C27H25ClN4OS/c1-17-16-23(18(2)31(17)20-9-7-19(28)8-10-20)26-25(24-6-4-5-15-29-24)30-27(34)32(26)21-11-13-22(33-3)14-12-21/h4-16,25-26H,1-3H3,(H,30,34)/t25-,26-/m1/s1. The van der Waals surface area contributed by atoms with E-state index in [0.717, 1.165) is 39.2 Å². The lowest BCUT2D eigenvalue weighted by Crippen LogP contribution is -2.29. The number of pyridine rings is 1. The Balaban J connectivity index is 1.66. The lowest BCUT2D eigenvalue weighted by atomic mass is 9.96. The summed E-state index contributed by atoms with van der Waals surface area (Å²) in [7, 11) is 1.67.